The van der Waals surface area contributed by atoms with Crippen LogP contribution in [0, 0.1) is 0 Å². The first-order valence-corrected chi connectivity index (χ1v) is 22.1. The highest BCUT2D eigenvalue weighted by Crippen LogP contribution is 2.35. The summed E-state index contributed by atoms with van der Waals surface area (Å²) in [5, 5.41) is 9.01. The van der Waals surface area contributed by atoms with Gasteiger partial charge in [-0.25, -0.2) is 15.0 Å². The normalized spacial score (nSPS) is 20.9. The highest BCUT2D eigenvalue weighted by atomic mass is 16.5. The fourth-order valence-corrected chi connectivity index (χ4v) is 9.01. The van der Waals surface area contributed by atoms with E-state index in [1.807, 2.05) is 47.6 Å². The van der Waals surface area contributed by atoms with Crippen LogP contribution in [0.1, 0.15) is 61.6 Å². The fourth-order valence-electron chi connectivity index (χ4n) is 9.01. The number of hydrogen-bond acceptors (Lipinski definition) is 12. The zero-order chi connectivity index (χ0) is 43.1. The van der Waals surface area contributed by atoms with Crippen molar-refractivity contribution in [1.82, 2.24) is 40.0 Å². The molecule has 3 aromatic carbocycles. The lowest BCUT2D eigenvalue weighted by Crippen LogP contribution is -2.48. The summed E-state index contributed by atoms with van der Waals surface area (Å²) in [5.41, 5.74) is 5.38. The maximum Gasteiger partial charge on any atom is 0.260 e. The summed E-state index contributed by atoms with van der Waals surface area (Å²) in [6.45, 7) is 6.49. The van der Waals surface area contributed by atoms with Crippen molar-refractivity contribution in [2.45, 2.75) is 69.1 Å². The number of carbonyl (C=O) groups is 4. The second kappa shape index (κ2) is 19.3. The molecule has 9 rings (SSSR count). The Morgan fingerprint density at radius 3 is 2.41 bits per heavy atom. The number of nitrogens with one attached hydrogen (secondary N) is 3. The van der Waals surface area contributed by atoms with Crippen LogP contribution in [0.3, 0.4) is 0 Å². The summed E-state index contributed by atoms with van der Waals surface area (Å²) in [4.78, 5) is 69.8. The van der Waals surface area contributed by atoms with Gasteiger partial charge in [0.25, 0.3) is 5.91 Å². The first kappa shape index (κ1) is 41.9. The average molecular weight is 855 g/mol. The first-order chi connectivity index (χ1) is 30.8. The Morgan fingerprint density at radius 1 is 0.841 bits per heavy atom. The Labute approximate surface area is 366 Å². The van der Waals surface area contributed by atoms with Gasteiger partial charge in [0.15, 0.2) is 23.6 Å². The van der Waals surface area contributed by atoms with Crippen LogP contribution in [0.2, 0.25) is 0 Å². The Morgan fingerprint density at radius 2 is 1.63 bits per heavy atom. The van der Waals surface area contributed by atoms with Gasteiger partial charge in [-0.1, -0.05) is 42.5 Å². The van der Waals surface area contributed by atoms with Gasteiger partial charge in [0.1, 0.15) is 12.1 Å². The summed E-state index contributed by atoms with van der Waals surface area (Å²) in [5.74, 6) is 0.229. The van der Waals surface area contributed by atoms with Crippen LogP contribution in [-0.2, 0) is 30.3 Å². The van der Waals surface area contributed by atoms with Crippen molar-refractivity contribution in [2.75, 3.05) is 69.2 Å². The Bertz CT molecular complexity index is 2390. The number of carbonyl (C=O) groups excluding carboxylic acids is 4. The molecule has 3 saturated heterocycles. The van der Waals surface area contributed by atoms with Gasteiger partial charge in [-0.15, -0.1) is 0 Å². The number of fused-ring (bicyclic) bond motifs is 1. The molecular weight excluding hydrogens is 801 g/mol. The SMILES string of the molecule is O=C1CCC(c2cccc(OCC(=O)N3CCC(OCCN4CCN(c5ccc(Nc6ncnc7c6ncn7C6CC(NC(=O)Cc7ccccc7)C6)cc5)CC4)CC3)c2)C(=O)N1. The van der Waals surface area contributed by atoms with Gasteiger partial charge in [0.2, 0.25) is 17.7 Å². The third-order valence-electron chi connectivity index (χ3n) is 12.7. The number of ether oxygens (including phenoxy) is 2. The number of aromatic nitrogens is 4. The van der Waals surface area contributed by atoms with Gasteiger partial charge in [-0.3, -0.25) is 29.4 Å². The molecule has 4 fully saturated rings. The summed E-state index contributed by atoms with van der Waals surface area (Å²) >= 11 is 0. The maximum atomic E-state index is 13.0. The smallest absolute Gasteiger partial charge is 0.260 e. The van der Waals surface area contributed by atoms with E-state index in [2.05, 4.69) is 69.5 Å². The first-order valence-electron chi connectivity index (χ1n) is 22.1. The molecule has 0 radical (unpaired) electrons. The number of piperidine rings is 2. The number of anilines is 3. The van der Waals surface area contributed by atoms with E-state index >= 15 is 0 Å². The van der Waals surface area contributed by atoms with Crippen LogP contribution in [0.5, 0.6) is 5.75 Å². The van der Waals surface area contributed by atoms with E-state index in [1.165, 1.54) is 5.69 Å². The zero-order valence-electron chi connectivity index (χ0n) is 35.4. The molecule has 4 aliphatic rings. The van der Waals surface area contributed by atoms with E-state index in [1.54, 1.807) is 24.5 Å². The summed E-state index contributed by atoms with van der Waals surface area (Å²) in [6, 6.07) is 25.8. The van der Waals surface area contributed by atoms with Crippen molar-refractivity contribution in [3.8, 4) is 5.75 Å². The third-order valence-corrected chi connectivity index (χ3v) is 12.7. The van der Waals surface area contributed by atoms with Crippen molar-refractivity contribution in [3.05, 3.63) is 103 Å². The van der Waals surface area contributed by atoms with Crippen LogP contribution in [0.15, 0.2) is 91.5 Å². The number of amides is 4. The van der Waals surface area contributed by atoms with Crippen LogP contribution in [-0.4, -0.2) is 124 Å². The Balaban J connectivity index is 0.662. The fraction of sp³-hybridized carbons (Fsp3) is 0.426. The highest BCUT2D eigenvalue weighted by molar-refractivity contribution is 6.01. The number of likely N-dealkylation sites (tertiary alicyclic amines) is 1. The average Bonchev–Trinajstić information content (AvgIpc) is 3.72. The molecule has 3 aliphatic heterocycles. The molecule has 0 spiro atoms. The molecule has 0 bridgehead atoms. The van der Waals surface area contributed by atoms with E-state index in [0.29, 0.717) is 56.0 Å². The van der Waals surface area contributed by atoms with Crippen molar-refractivity contribution in [1.29, 1.82) is 0 Å². The topological polar surface area (TPSA) is 176 Å². The van der Waals surface area contributed by atoms with Gasteiger partial charge < -0.3 is 34.5 Å². The molecule has 16 nitrogen and oxygen atoms in total. The lowest BCUT2D eigenvalue weighted by atomic mass is 9.86. The molecule has 328 valence electrons. The van der Waals surface area contributed by atoms with E-state index in [9.17, 15) is 19.2 Å². The Hall–Kier alpha value is -6.39. The van der Waals surface area contributed by atoms with Gasteiger partial charge in [0, 0.05) is 75.7 Å². The molecule has 3 N–H and O–H groups in total. The van der Waals surface area contributed by atoms with E-state index < -0.39 is 5.92 Å². The van der Waals surface area contributed by atoms with Crippen LogP contribution < -0.4 is 25.6 Å². The van der Waals surface area contributed by atoms with E-state index in [-0.39, 0.29) is 48.4 Å². The predicted octanol–water partition coefficient (Wildman–Crippen LogP) is 4.36. The minimum Gasteiger partial charge on any atom is -0.484 e. The van der Waals surface area contributed by atoms with E-state index in [0.717, 1.165) is 80.9 Å². The molecule has 5 aromatic rings. The molecule has 1 atom stereocenters. The van der Waals surface area contributed by atoms with Crippen LogP contribution in [0.4, 0.5) is 17.2 Å². The monoisotopic (exact) mass is 854 g/mol. The quantitative estimate of drug-likeness (QED) is 0.127. The summed E-state index contributed by atoms with van der Waals surface area (Å²) in [7, 11) is 0. The Kier molecular flexibility index (Phi) is 12.9. The minimum atomic E-state index is -0.399. The second-order valence-electron chi connectivity index (χ2n) is 16.9. The molecule has 1 unspecified atom stereocenters. The molecule has 1 saturated carbocycles. The number of imide groups is 1. The molecule has 2 aromatic heterocycles. The lowest BCUT2D eigenvalue weighted by molar-refractivity contribution is -0.136. The largest absolute Gasteiger partial charge is 0.484 e. The zero-order valence-corrected chi connectivity index (χ0v) is 35.4. The molecule has 4 amide bonds. The highest BCUT2D eigenvalue weighted by Gasteiger charge is 2.33. The van der Waals surface area contributed by atoms with Crippen molar-refractivity contribution >= 4 is 52.0 Å². The minimum absolute atomic E-state index is 0.0466. The molecular formula is C47H54N10O6. The summed E-state index contributed by atoms with van der Waals surface area (Å²) in [6.07, 6.45) is 7.94. The number of imidazole rings is 1. The number of rotatable bonds is 15. The standard InChI is InChI=1S/C47H54N10O6/c58-41-14-13-40(47(61)53-41)33-7-4-8-39(26-33)63-29-43(60)56-17-15-38(16-18-56)62-24-23-54-19-21-55(22-20-54)36-11-9-34(10-12-36)52-45-44-46(49-30-48-45)57(31-50-44)37-27-35(28-37)51-42(59)25-32-5-2-1-3-6-32/h1-12,26,30-31,35,37-38,40H,13-25,27-29H2,(H,51,59)(H,48,49,52)(H,53,58,61). The molecule has 1 aliphatic carbocycles. The molecule has 63 heavy (non-hydrogen) atoms. The predicted molar refractivity (Wildman–Crippen MR) is 237 cm³/mol. The van der Waals surface area contributed by atoms with Crippen LogP contribution >= 0.6 is 0 Å². The van der Waals surface area contributed by atoms with E-state index in [4.69, 9.17) is 9.47 Å². The van der Waals surface area contributed by atoms with Gasteiger partial charge in [-0.2, -0.15) is 0 Å². The number of benzene rings is 3. The van der Waals surface area contributed by atoms with Gasteiger partial charge in [0.05, 0.1) is 31.4 Å². The van der Waals surface area contributed by atoms with Crippen molar-refractivity contribution < 1.29 is 28.7 Å². The lowest BCUT2D eigenvalue weighted by Gasteiger charge is -2.36. The van der Waals surface area contributed by atoms with Crippen molar-refractivity contribution in [3.63, 3.8) is 0 Å². The number of hydrogen-bond donors (Lipinski definition) is 3. The van der Waals surface area contributed by atoms with Gasteiger partial charge >= 0.3 is 0 Å². The number of piperazine rings is 1. The molecule has 16 heteroatoms. The third kappa shape index (κ3) is 10.3. The number of nitrogens with zero attached hydrogens (tertiary/aromatic N) is 7. The van der Waals surface area contributed by atoms with Gasteiger partial charge in [-0.05, 0) is 79.6 Å². The maximum absolute atomic E-state index is 13.0. The second-order valence-corrected chi connectivity index (χ2v) is 16.9. The van der Waals surface area contributed by atoms with Crippen molar-refractivity contribution in [2.24, 2.45) is 0 Å². The molecule has 5 heterocycles. The van der Waals surface area contributed by atoms with Crippen LogP contribution in [0.25, 0.3) is 11.2 Å². The summed E-state index contributed by atoms with van der Waals surface area (Å²) < 4.78 is 14.2.